The van der Waals surface area contributed by atoms with Crippen LogP contribution in [-0.2, 0) is 11.2 Å². The number of aliphatic carboxylic acids is 1. The van der Waals surface area contributed by atoms with Crippen molar-refractivity contribution in [1.29, 1.82) is 0 Å². The highest BCUT2D eigenvalue weighted by Gasteiger charge is 2.32. The molecule has 3 aromatic carbocycles. The van der Waals surface area contributed by atoms with Gasteiger partial charge in [-0.1, -0.05) is 24.3 Å². The quantitative estimate of drug-likeness (QED) is 0.298. The molecular weight excluding hydrogens is 481 g/mol. The number of benzene rings is 3. The number of hydrogen-bond donors (Lipinski definition) is 1. The van der Waals surface area contributed by atoms with Gasteiger partial charge >= 0.3 is 5.97 Å². The Morgan fingerprint density at radius 3 is 2.55 bits per heavy atom. The van der Waals surface area contributed by atoms with Gasteiger partial charge in [-0.05, 0) is 89.9 Å². The second-order valence-corrected chi connectivity index (χ2v) is 10.2. The van der Waals surface area contributed by atoms with Gasteiger partial charge in [0.15, 0.2) is 0 Å². The van der Waals surface area contributed by atoms with Gasteiger partial charge in [0.05, 0.1) is 13.0 Å². The van der Waals surface area contributed by atoms with Crippen LogP contribution in [0.3, 0.4) is 0 Å². The van der Waals surface area contributed by atoms with Gasteiger partial charge in [-0.25, -0.2) is 4.39 Å². The van der Waals surface area contributed by atoms with E-state index < -0.39 is 12.1 Å². The lowest BCUT2D eigenvalue weighted by atomic mass is 9.88. The van der Waals surface area contributed by atoms with Crippen molar-refractivity contribution in [2.45, 2.75) is 45.1 Å². The molecule has 192 valence electrons. The van der Waals surface area contributed by atoms with E-state index in [0.29, 0.717) is 30.1 Å². The van der Waals surface area contributed by atoms with Crippen molar-refractivity contribution < 1.29 is 23.8 Å². The number of carboxylic acids is 1. The first-order valence-corrected chi connectivity index (χ1v) is 12.9. The maximum absolute atomic E-state index is 15.3. The summed E-state index contributed by atoms with van der Waals surface area (Å²) in [7, 11) is 0. The number of aryl methyl sites for hydroxylation is 2. The van der Waals surface area contributed by atoms with E-state index in [2.05, 4.69) is 31.0 Å². The third kappa shape index (κ3) is 4.30. The Bertz CT molecular complexity index is 1530. The van der Waals surface area contributed by atoms with Crippen LogP contribution in [0.1, 0.15) is 52.7 Å². The van der Waals surface area contributed by atoms with Crippen molar-refractivity contribution in [3.8, 4) is 33.8 Å². The number of ether oxygens (including phenoxy) is 2. The van der Waals surface area contributed by atoms with E-state index >= 15 is 4.39 Å². The summed E-state index contributed by atoms with van der Waals surface area (Å²) < 4.78 is 27.3. The molecule has 2 aliphatic rings. The second-order valence-electron chi connectivity index (χ2n) is 10.2. The molecule has 0 bridgehead atoms. The molecule has 0 amide bonds. The van der Waals surface area contributed by atoms with Crippen LogP contribution in [0.15, 0.2) is 67.0 Å². The zero-order chi connectivity index (χ0) is 26.4. The SMILES string of the molecule is Cc1cc(-c2ccncc2)cc(C)c1-c1ccc(F)c2c1CC[C@H]2Oc1ccc2c(c1)OC[C@H]2CC(=O)O. The van der Waals surface area contributed by atoms with E-state index in [1.807, 2.05) is 30.3 Å². The zero-order valence-electron chi connectivity index (χ0n) is 21.3. The van der Waals surface area contributed by atoms with Crippen LogP contribution in [0.2, 0.25) is 0 Å². The molecule has 5 nitrogen and oxygen atoms in total. The van der Waals surface area contributed by atoms with E-state index in [-0.39, 0.29) is 18.2 Å². The third-order valence-corrected chi connectivity index (χ3v) is 7.66. The van der Waals surface area contributed by atoms with Crippen LogP contribution >= 0.6 is 0 Å². The summed E-state index contributed by atoms with van der Waals surface area (Å²) in [5, 5.41) is 9.15. The maximum atomic E-state index is 15.3. The van der Waals surface area contributed by atoms with Crippen molar-refractivity contribution in [2.24, 2.45) is 0 Å². The topological polar surface area (TPSA) is 68.7 Å². The molecule has 1 N–H and O–H groups in total. The summed E-state index contributed by atoms with van der Waals surface area (Å²) in [6.07, 6.45) is 4.61. The minimum atomic E-state index is -0.849. The summed E-state index contributed by atoms with van der Waals surface area (Å²) in [5.41, 5.74) is 9.21. The number of rotatable bonds is 6. The molecule has 0 fully saturated rings. The molecule has 38 heavy (non-hydrogen) atoms. The van der Waals surface area contributed by atoms with E-state index in [4.69, 9.17) is 14.6 Å². The molecule has 0 saturated heterocycles. The van der Waals surface area contributed by atoms with Gasteiger partial charge in [-0.2, -0.15) is 0 Å². The molecular formula is C32H28FNO4. The molecule has 1 aliphatic heterocycles. The number of pyridine rings is 1. The van der Waals surface area contributed by atoms with Gasteiger partial charge < -0.3 is 14.6 Å². The fourth-order valence-electron chi connectivity index (χ4n) is 6.00. The zero-order valence-corrected chi connectivity index (χ0v) is 21.3. The summed E-state index contributed by atoms with van der Waals surface area (Å²) >= 11 is 0. The van der Waals surface area contributed by atoms with Gasteiger partial charge in [-0.15, -0.1) is 0 Å². The fraction of sp³-hybridized carbons (Fsp3) is 0.250. The largest absolute Gasteiger partial charge is 0.492 e. The smallest absolute Gasteiger partial charge is 0.304 e. The van der Waals surface area contributed by atoms with E-state index in [0.717, 1.165) is 50.9 Å². The molecule has 0 unspecified atom stereocenters. The Morgan fingerprint density at radius 1 is 1.05 bits per heavy atom. The molecule has 2 atom stereocenters. The third-order valence-electron chi connectivity index (χ3n) is 7.66. The van der Waals surface area contributed by atoms with Crippen LogP contribution in [0.5, 0.6) is 11.5 Å². The summed E-state index contributed by atoms with van der Waals surface area (Å²) in [6.45, 7) is 4.55. The minimum absolute atomic E-state index is 0.0273. The van der Waals surface area contributed by atoms with Crippen LogP contribution in [0.4, 0.5) is 4.39 Å². The van der Waals surface area contributed by atoms with E-state index in [9.17, 15) is 4.79 Å². The number of carbonyl (C=O) groups is 1. The molecule has 6 rings (SSSR count). The van der Waals surface area contributed by atoms with Crippen LogP contribution in [0, 0.1) is 19.7 Å². The summed E-state index contributed by atoms with van der Waals surface area (Å²) in [4.78, 5) is 15.3. The molecule has 2 heterocycles. The number of carboxylic acid groups (broad SMARTS) is 1. The van der Waals surface area contributed by atoms with Gasteiger partial charge in [0.1, 0.15) is 23.4 Å². The van der Waals surface area contributed by atoms with Gasteiger partial charge in [0.2, 0.25) is 0 Å². The first-order chi connectivity index (χ1) is 18.4. The monoisotopic (exact) mass is 509 g/mol. The average Bonchev–Trinajstić information content (AvgIpc) is 3.50. The Labute approximate surface area is 220 Å². The first kappa shape index (κ1) is 24.2. The highest BCUT2D eigenvalue weighted by Crippen LogP contribution is 2.45. The van der Waals surface area contributed by atoms with Crippen molar-refractivity contribution in [3.05, 3.63) is 101 Å². The lowest BCUT2D eigenvalue weighted by molar-refractivity contribution is -0.137. The van der Waals surface area contributed by atoms with E-state index in [1.54, 1.807) is 24.5 Å². The second kappa shape index (κ2) is 9.60. The molecule has 0 spiro atoms. The summed E-state index contributed by atoms with van der Waals surface area (Å²) in [6, 6.07) is 17.3. The number of hydrogen-bond acceptors (Lipinski definition) is 4. The average molecular weight is 510 g/mol. The minimum Gasteiger partial charge on any atom is -0.492 e. The molecule has 1 aliphatic carbocycles. The lowest BCUT2D eigenvalue weighted by Crippen LogP contribution is -2.07. The summed E-state index contributed by atoms with van der Waals surface area (Å²) in [5.74, 6) is -0.0367. The molecule has 0 radical (unpaired) electrons. The highest BCUT2D eigenvalue weighted by atomic mass is 19.1. The van der Waals surface area contributed by atoms with Crippen molar-refractivity contribution in [3.63, 3.8) is 0 Å². The standard InChI is InChI=1S/C32H28FNO4/c1-18-13-21(20-9-11-34-12-10-20)14-19(2)31(18)25-5-7-27(33)32-26(25)6-8-28(32)38-23-3-4-24-22(15-30(35)36)17-37-29(24)16-23/h3-5,7,9-14,16,22,28H,6,8,15,17H2,1-2H3,(H,35,36)/t22-,28-/m1/s1. The number of fused-ring (bicyclic) bond motifs is 2. The molecule has 4 aromatic rings. The lowest BCUT2D eigenvalue weighted by Gasteiger charge is -2.19. The van der Waals surface area contributed by atoms with Crippen LogP contribution in [0.25, 0.3) is 22.3 Å². The number of halogens is 1. The van der Waals surface area contributed by atoms with Crippen LogP contribution in [-0.4, -0.2) is 22.7 Å². The van der Waals surface area contributed by atoms with Gasteiger partial charge in [0, 0.05) is 35.5 Å². The highest BCUT2D eigenvalue weighted by molar-refractivity contribution is 5.79. The predicted octanol–water partition coefficient (Wildman–Crippen LogP) is 7.19. The Kier molecular flexibility index (Phi) is 6.10. The number of nitrogens with zero attached hydrogens (tertiary/aromatic N) is 1. The Hall–Kier alpha value is -4.19. The fourth-order valence-corrected chi connectivity index (χ4v) is 6.00. The van der Waals surface area contributed by atoms with Gasteiger partial charge in [-0.3, -0.25) is 9.78 Å². The maximum Gasteiger partial charge on any atom is 0.304 e. The molecule has 1 aromatic heterocycles. The van der Waals surface area contributed by atoms with Gasteiger partial charge in [0.25, 0.3) is 0 Å². The van der Waals surface area contributed by atoms with Crippen molar-refractivity contribution in [1.82, 2.24) is 4.98 Å². The van der Waals surface area contributed by atoms with Crippen molar-refractivity contribution in [2.75, 3.05) is 6.61 Å². The number of aromatic nitrogens is 1. The van der Waals surface area contributed by atoms with Crippen molar-refractivity contribution >= 4 is 5.97 Å². The predicted molar refractivity (Wildman–Crippen MR) is 143 cm³/mol. The Morgan fingerprint density at radius 2 is 1.82 bits per heavy atom. The normalized spacial score (nSPS) is 17.6. The first-order valence-electron chi connectivity index (χ1n) is 12.9. The Balaban J connectivity index is 1.31. The van der Waals surface area contributed by atoms with Crippen LogP contribution < -0.4 is 9.47 Å². The van der Waals surface area contributed by atoms with E-state index in [1.165, 1.54) is 0 Å². The molecule has 6 heteroatoms. The molecule has 0 saturated carbocycles.